The Balaban J connectivity index is 1.36. The van der Waals surface area contributed by atoms with E-state index in [1.54, 1.807) is 18.3 Å². The molecule has 2 amide bonds. The molecule has 148 valence electrons. The molecule has 0 unspecified atom stereocenters. The summed E-state index contributed by atoms with van der Waals surface area (Å²) in [6.45, 7) is 0. The summed E-state index contributed by atoms with van der Waals surface area (Å²) in [6.07, 6.45) is 5.14. The molecule has 10 heteroatoms. The topological polar surface area (TPSA) is 102 Å². The minimum absolute atomic E-state index is 0.129. The maximum atomic E-state index is 12.1. The molecule has 1 fully saturated rings. The molecule has 1 aromatic carbocycles. The molecule has 2 aromatic heterocycles. The number of thioether (sulfide) groups is 1. The van der Waals surface area contributed by atoms with Crippen LogP contribution >= 0.6 is 27.7 Å². The molecule has 0 radical (unpaired) electrons. The number of aromatic nitrogens is 4. The van der Waals surface area contributed by atoms with Crippen LogP contribution in [0.5, 0.6) is 0 Å². The lowest BCUT2D eigenvalue weighted by Gasteiger charge is -2.06. The molecule has 0 spiro atoms. The number of benzene rings is 1. The molecular formula is C19H17BrN6O2S. The maximum Gasteiger partial charge on any atom is 0.272 e. The first-order valence-electron chi connectivity index (χ1n) is 8.94. The Kier molecular flexibility index (Phi) is 5.91. The average molecular weight is 473 g/mol. The number of anilines is 1. The zero-order chi connectivity index (χ0) is 20.2. The van der Waals surface area contributed by atoms with Gasteiger partial charge in [0.15, 0.2) is 11.5 Å². The molecule has 2 N–H and O–H groups in total. The van der Waals surface area contributed by atoms with E-state index in [-0.39, 0.29) is 23.6 Å². The quantitative estimate of drug-likeness (QED) is 0.404. The molecule has 4 rings (SSSR count). The molecule has 0 saturated heterocycles. The Labute approximate surface area is 179 Å². The lowest BCUT2D eigenvalue weighted by atomic mass is 10.3. The highest BCUT2D eigenvalue weighted by atomic mass is 79.9. The van der Waals surface area contributed by atoms with E-state index in [0.717, 1.165) is 23.0 Å². The van der Waals surface area contributed by atoms with Crippen LogP contribution in [-0.2, 0) is 4.79 Å². The normalized spacial score (nSPS) is 13.1. The first-order valence-corrected chi connectivity index (χ1v) is 10.7. The van der Waals surface area contributed by atoms with Gasteiger partial charge in [0.1, 0.15) is 11.4 Å². The second-order valence-electron chi connectivity index (χ2n) is 6.45. The van der Waals surface area contributed by atoms with Crippen LogP contribution in [0, 0.1) is 0 Å². The zero-order valence-corrected chi connectivity index (χ0v) is 17.6. The van der Waals surface area contributed by atoms with Crippen molar-refractivity contribution in [1.29, 1.82) is 0 Å². The van der Waals surface area contributed by atoms with Crippen molar-refractivity contribution in [3.05, 3.63) is 59.1 Å². The third-order valence-corrected chi connectivity index (χ3v) is 5.53. The molecule has 0 atom stereocenters. The third kappa shape index (κ3) is 5.42. The maximum absolute atomic E-state index is 12.1. The van der Waals surface area contributed by atoms with Gasteiger partial charge >= 0.3 is 0 Å². The molecule has 1 aliphatic carbocycles. The molecule has 8 nitrogen and oxygen atoms in total. The van der Waals surface area contributed by atoms with Crippen molar-refractivity contribution in [3.8, 4) is 5.82 Å². The number of hydrogen-bond donors (Lipinski definition) is 2. The largest absolute Gasteiger partial charge is 0.348 e. The van der Waals surface area contributed by atoms with Gasteiger partial charge in [-0.1, -0.05) is 27.7 Å². The first-order chi connectivity index (χ1) is 14.1. The Hall–Kier alpha value is -2.72. The number of amides is 2. The van der Waals surface area contributed by atoms with E-state index in [2.05, 4.69) is 41.6 Å². The number of carbonyl (C=O) groups excluding carboxylic acids is 2. The molecule has 3 aromatic rings. The summed E-state index contributed by atoms with van der Waals surface area (Å²) in [5.74, 6) is 0.428. The van der Waals surface area contributed by atoms with Gasteiger partial charge < -0.3 is 10.6 Å². The van der Waals surface area contributed by atoms with Gasteiger partial charge in [-0.3, -0.25) is 9.59 Å². The van der Waals surface area contributed by atoms with E-state index >= 15 is 0 Å². The lowest BCUT2D eigenvalue weighted by molar-refractivity contribution is -0.113. The van der Waals surface area contributed by atoms with Gasteiger partial charge in [0.05, 0.1) is 5.75 Å². The Morgan fingerprint density at radius 2 is 1.97 bits per heavy atom. The number of carbonyl (C=O) groups is 2. The molecule has 2 heterocycles. The number of nitrogens with one attached hydrogen (secondary N) is 2. The van der Waals surface area contributed by atoms with Crippen LogP contribution in [0.15, 0.2) is 58.4 Å². The van der Waals surface area contributed by atoms with Crippen molar-refractivity contribution >= 4 is 45.2 Å². The van der Waals surface area contributed by atoms with Crippen molar-refractivity contribution in [2.75, 3.05) is 11.1 Å². The van der Waals surface area contributed by atoms with Gasteiger partial charge in [0.2, 0.25) is 5.91 Å². The predicted octanol–water partition coefficient (Wildman–Crippen LogP) is 3.05. The Morgan fingerprint density at radius 3 is 2.72 bits per heavy atom. The van der Waals surface area contributed by atoms with E-state index in [9.17, 15) is 9.59 Å². The molecular weight excluding hydrogens is 456 g/mol. The van der Waals surface area contributed by atoms with Crippen molar-refractivity contribution in [2.24, 2.45) is 0 Å². The fourth-order valence-corrected chi connectivity index (χ4v) is 3.39. The Morgan fingerprint density at radius 1 is 1.17 bits per heavy atom. The second-order valence-corrected chi connectivity index (χ2v) is 8.36. The minimum atomic E-state index is -0.181. The van der Waals surface area contributed by atoms with E-state index in [4.69, 9.17) is 0 Å². The van der Waals surface area contributed by atoms with Crippen LogP contribution in [0.25, 0.3) is 5.82 Å². The van der Waals surface area contributed by atoms with Crippen molar-refractivity contribution in [1.82, 2.24) is 25.1 Å². The lowest BCUT2D eigenvalue weighted by Crippen LogP contribution is -2.25. The van der Waals surface area contributed by atoms with Gasteiger partial charge in [-0.2, -0.15) is 5.10 Å². The molecule has 0 aliphatic heterocycles. The van der Waals surface area contributed by atoms with E-state index < -0.39 is 0 Å². The van der Waals surface area contributed by atoms with Crippen LogP contribution in [0.1, 0.15) is 23.3 Å². The van der Waals surface area contributed by atoms with Gasteiger partial charge in [0.25, 0.3) is 5.91 Å². The summed E-state index contributed by atoms with van der Waals surface area (Å²) >= 11 is 4.66. The highest BCUT2D eigenvalue weighted by Crippen LogP contribution is 2.20. The summed E-state index contributed by atoms with van der Waals surface area (Å²) in [7, 11) is 0. The number of halogens is 1. The first kappa shape index (κ1) is 19.6. The highest BCUT2D eigenvalue weighted by Gasteiger charge is 2.24. The van der Waals surface area contributed by atoms with E-state index in [1.165, 1.54) is 22.8 Å². The van der Waals surface area contributed by atoms with Crippen molar-refractivity contribution in [3.63, 3.8) is 0 Å². The number of rotatable bonds is 7. The summed E-state index contributed by atoms with van der Waals surface area (Å²) in [5.41, 5.74) is 1.08. The van der Waals surface area contributed by atoms with Gasteiger partial charge in [-0.05, 0) is 43.2 Å². The number of nitrogens with zero attached hydrogens (tertiary/aromatic N) is 4. The summed E-state index contributed by atoms with van der Waals surface area (Å²) in [4.78, 5) is 32.6. The predicted molar refractivity (Wildman–Crippen MR) is 113 cm³/mol. The standard InChI is InChI=1S/C19H17BrN6O2S/c20-12-1-3-13(4-2-12)23-17(27)10-29-18-9-16(21-11-22-18)26-8-7-15(25-26)19(28)24-14-5-6-14/h1-4,7-9,11,14H,5-6,10H2,(H,23,27)(H,24,28). The van der Waals surface area contributed by atoms with E-state index in [1.807, 2.05) is 24.3 Å². The van der Waals surface area contributed by atoms with Gasteiger partial charge in [-0.25, -0.2) is 14.6 Å². The fourth-order valence-electron chi connectivity index (χ4n) is 2.46. The van der Waals surface area contributed by atoms with Crippen LogP contribution in [0.3, 0.4) is 0 Å². The van der Waals surface area contributed by atoms with Gasteiger partial charge in [-0.15, -0.1) is 0 Å². The highest BCUT2D eigenvalue weighted by molar-refractivity contribution is 9.10. The summed E-state index contributed by atoms with van der Waals surface area (Å²) < 4.78 is 2.47. The molecule has 0 bridgehead atoms. The third-order valence-electron chi connectivity index (χ3n) is 4.08. The second kappa shape index (κ2) is 8.75. The molecule has 29 heavy (non-hydrogen) atoms. The van der Waals surface area contributed by atoms with Crippen LogP contribution in [0.4, 0.5) is 5.69 Å². The Bertz CT molecular complexity index is 1040. The fraction of sp³-hybridized carbons (Fsp3) is 0.211. The summed E-state index contributed by atoms with van der Waals surface area (Å²) in [6, 6.07) is 11.0. The SMILES string of the molecule is O=C(CSc1cc(-n2ccc(C(=O)NC3CC3)n2)ncn1)Nc1ccc(Br)cc1. The van der Waals surface area contributed by atoms with Gasteiger partial charge in [0, 0.05) is 28.5 Å². The average Bonchev–Trinajstić information content (AvgIpc) is 3.39. The van der Waals surface area contributed by atoms with Crippen LogP contribution in [0.2, 0.25) is 0 Å². The minimum Gasteiger partial charge on any atom is -0.348 e. The molecule has 1 saturated carbocycles. The zero-order valence-electron chi connectivity index (χ0n) is 15.2. The van der Waals surface area contributed by atoms with Crippen LogP contribution in [-0.4, -0.2) is 43.4 Å². The van der Waals surface area contributed by atoms with Crippen molar-refractivity contribution in [2.45, 2.75) is 23.9 Å². The molecule has 1 aliphatic rings. The number of hydrogen-bond acceptors (Lipinski definition) is 6. The smallest absolute Gasteiger partial charge is 0.272 e. The van der Waals surface area contributed by atoms with Crippen LogP contribution < -0.4 is 10.6 Å². The summed E-state index contributed by atoms with van der Waals surface area (Å²) in [5, 5.41) is 10.7. The van der Waals surface area contributed by atoms with E-state index in [0.29, 0.717) is 16.5 Å². The monoisotopic (exact) mass is 472 g/mol. The van der Waals surface area contributed by atoms with Crippen molar-refractivity contribution < 1.29 is 9.59 Å².